The summed E-state index contributed by atoms with van der Waals surface area (Å²) in [7, 11) is 0. The van der Waals surface area contributed by atoms with Crippen LogP contribution in [0.25, 0.3) is 0 Å². The second-order valence-electron chi connectivity index (χ2n) is 5.29. The van der Waals surface area contributed by atoms with Gasteiger partial charge in [-0.05, 0) is 50.3 Å². The number of benzene rings is 1. The summed E-state index contributed by atoms with van der Waals surface area (Å²) in [5.74, 6) is 0.128. The average Bonchev–Trinajstić information content (AvgIpc) is 2.83. The van der Waals surface area contributed by atoms with Gasteiger partial charge in [-0.25, -0.2) is 0 Å². The quantitative estimate of drug-likeness (QED) is 0.561. The molecule has 4 N–H and O–H groups in total. The van der Waals surface area contributed by atoms with Gasteiger partial charge in [0.05, 0.1) is 0 Å². The zero-order valence-corrected chi connectivity index (χ0v) is 11.5. The lowest BCUT2D eigenvalue weighted by Gasteiger charge is -2.29. The SMILES string of the molecule is Cc1ccc(C(=N)N)c(N2CCCC2CCCO)c1. The highest BCUT2D eigenvalue weighted by atomic mass is 16.2. The number of aliphatic hydroxyl groups is 1. The van der Waals surface area contributed by atoms with Crippen molar-refractivity contribution in [2.75, 3.05) is 18.1 Å². The van der Waals surface area contributed by atoms with Gasteiger partial charge in [0, 0.05) is 30.4 Å². The number of aryl methyl sites for hydroxylation is 1. The molecule has 1 atom stereocenters. The number of rotatable bonds is 5. The predicted octanol–water partition coefficient (Wildman–Crippen LogP) is 2.02. The first kappa shape index (κ1) is 13.9. The number of nitrogens with two attached hydrogens (primary N) is 1. The molecule has 1 heterocycles. The van der Waals surface area contributed by atoms with Gasteiger partial charge >= 0.3 is 0 Å². The smallest absolute Gasteiger partial charge is 0.124 e. The standard InChI is InChI=1S/C15H23N3O/c1-11-6-7-13(15(16)17)14(10-11)18-8-2-4-12(18)5-3-9-19/h6-7,10,12,19H,2-5,8-9H2,1H3,(H3,16,17). The van der Waals surface area contributed by atoms with Gasteiger partial charge in [-0.1, -0.05) is 6.07 Å². The van der Waals surface area contributed by atoms with Gasteiger partial charge < -0.3 is 15.7 Å². The molecular weight excluding hydrogens is 238 g/mol. The van der Waals surface area contributed by atoms with Gasteiger partial charge in [0.15, 0.2) is 0 Å². The second-order valence-corrected chi connectivity index (χ2v) is 5.29. The number of amidine groups is 1. The lowest BCUT2D eigenvalue weighted by atomic mass is 10.0. The number of hydrogen-bond donors (Lipinski definition) is 3. The number of nitrogens with one attached hydrogen (secondary N) is 1. The molecule has 0 amide bonds. The molecule has 0 bridgehead atoms. The first-order valence-corrected chi connectivity index (χ1v) is 6.96. The Morgan fingerprint density at radius 1 is 1.53 bits per heavy atom. The molecule has 1 aliphatic heterocycles. The maximum atomic E-state index is 9.00. The van der Waals surface area contributed by atoms with E-state index in [-0.39, 0.29) is 12.4 Å². The van der Waals surface area contributed by atoms with E-state index >= 15 is 0 Å². The van der Waals surface area contributed by atoms with Crippen molar-refractivity contribution in [1.29, 1.82) is 5.41 Å². The van der Waals surface area contributed by atoms with Crippen LogP contribution in [-0.4, -0.2) is 30.1 Å². The number of anilines is 1. The van der Waals surface area contributed by atoms with Crippen molar-refractivity contribution >= 4 is 11.5 Å². The minimum atomic E-state index is 0.128. The van der Waals surface area contributed by atoms with Gasteiger partial charge in [-0.2, -0.15) is 0 Å². The third kappa shape index (κ3) is 3.07. The molecule has 0 saturated carbocycles. The summed E-state index contributed by atoms with van der Waals surface area (Å²) in [5.41, 5.74) is 8.78. The Labute approximate surface area is 114 Å². The van der Waals surface area contributed by atoms with Crippen LogP contribution in [0.15, 0.2) is 18.2 Å². The summed E-state index contributed by atoms with van der Waals surface area (Å²) >= 11 is 0. The molecule has 0 aromatic heterocycles. The molecule has 104 valence electrons. The highest BCUT2D eigenvalue weighted by molar-refractivity contribution is 6.00. The third-order valence-corrected chi connectivity index (χ3v) is 3.83. The van der Waals surface area contributed by atoms with Crippen molar-refractivity contribution in [3.63, 3.8) is 0 Å². The Hall–Kier alpha value is -1.55. The highest BCUT2D eigenvalue weighted by Gasteiger charge is 2.26. The molecule has 19 heavy (non-hydrogen) atoms. The molecule has 1 unspecified atom stereocenters. The molecule has 2 rings (SSSR count). The fourth-order valence-corrected chi connectivity index (χ4v) is 2.89. The largest absolute Gasteiger partial charge is 0.396 e. The summed E-state index contributed by atoms with van der Waals surface area (Å²) < 4.78 is 0. The first-order chi connectivity index (χ1) is 9.13. The molecule has 1 aromatic rings. The van der Waals surface area contributed by atoms with Crippen molar-refractivity contribution < 1.29 is 5.11 Å². The van der Waals surface area contributed by atoms with Crippen LogP contribution >= 0.6 is 0 Å². The van der Waals surface area contributed by atoms with Crippen LogP contribution in [0.5, 0.6) is 0 Å². The highest BCUT2D eigenvalue weighted by Crippen LogP contribution is 2.31. The second kappa shape index (κ2) is 6.06. The Balaban J connectivity index is 2.28. The summed E-state index contributed by atoms with van der Waals surface area (Å²) in [6, 6.07) is 6.52. The predicted molar refractivity (Wildman–Crippen MR) is 78.9 cm³/mol. The van der Waals surface area contributed by atoms with E-state index < -0.39 is 0 Å². The Bertz CT molecular complexity index is 459. The molecule has 1 fully saturated rings. The number of aliphatic hydroxyl groups excluding tert-OH is 1. The van der Waals surface area contributed by atoms with Crippen LogP contribution < -0.4 is 10.6 Å². The van der Waals surface area contributed by atoms with E-state index in [9.17, 15) is 0 Å². The number of nitrogen functional groups attached to an aromatic ring is 1. The van der Waals surface area contributed by atoms with Gasteiger partial charge in [-0.15, -0.1) is 0 Å². The first-order valence-electron chi connectivity index (χ1n) is 6.96. The molecule has 4 heteroatoms. The lowest BCUT2D eigenvalue weighted by molar-refractivity contribution is 0.279. The summed E-state index contributed by atoms with van der Waals surface area (Å²) in [5, 5.41) is 16.7. The molecule has 1 saturated heterocycles. The maximum Gasteiger partial charge on any atom is 0.124 e. The van der Waals surface area contributed by atoms with Gasteiger partial charge in [0.2, 0.25) is 0 Å². The van der Waals surface area contributed by atoms with E-state index in [0.29, 0.717) is 6.04 Å². The molecule has 0 aliphatic carbocycles. The third-order valence-electron chi connectivity index (χ3n) is 3.83. The topological polar surface area (TPSA) is 73.3 Å². The Morgan fingerprint density at radius 2 is 2.32 bits per heavy atom. The van der Waals surface area contributed by atoms with Crippen LogP contribution in [0.1, 0.15) is 36.8 Å². The summed E-state index contributed by atoms with van der Waals surface area (Å²) in [6.45, 7) is 3.32. The average molecular weight is 261 g/mol. The minimum absolute atomic E-state index is 0.128. The maximum absolute atomic E-state index is 9.00. The molecule has 1 aromatic carbocycles. The molecule has 1 aliphatic rings. The van der Waals surface area contributed by atoms with Gasteiger partial charge in [0.25, 0.3) is 0 Å². The van der Waals surface area contributed by atoms with E-state index in [4.69, 9.17) is 16.2 Å². The van der Waals surface area contributed by atoms with E-state index in [0.717, 1.165) is 37.1 Å². The van der Waals surface area contributed by atoms with Gasteiger partial charge in [-0.3, -0.25) is 5.41 Å². The fraction of sp³-hybridized carbons (Fsp3) is 0.533. The van der Waals surface area contributed by atoms with Crippen LogP contribution in [-0.2, 0) is 0 Å². The Kier molecular flexibility index (Phi) is 4.43. The van der Waals surface area contributed by atoms with E-state index in [1.165, 1.54) is 12.0 Å². The molecule has 0 spiro atoms. The van der Waals surface area contributed by atoms with Crippen LogP contribution in [0, 0.1) is 12.3 Å². The van der Waals surface area contributed by atoms with Crippen LogP contribution in [0.4, 0.5) is 5.69 Å². The lowest BCUT2D eigenvalue weighted by Crippen LogP contribution is -2.31. The summed E-state index contributed by atoms with van der Waals surface area (Å²) in [6.07, 6.45) is 4.16. The summed E-state index contributed by atoms with van der Waals surface area (Å²) in [4.78, 5) is 2.36. The van der Waals surface area contributed by atoms with E-state index in [1.54, 1.807) is 0 Å². The Morgan fingerprint density at radius 3 is 3.00 bits per heavy atom. The van der Waals surface area contributed by atoms with E-state index in [1.807, 2.05) is 12.1 Å². The molecule has 0 radical (unpaired) electrons. The molecule has 4 nitrogen and oxygen atoms in total. The van der Waals surface area contributed by atoms with Crippen LogP contribution in [0.3, 0.4) is 0 Å². The zero-order valence-electron chi connectivity index (χ0n) is 11.5. The number of nitrogens with zero attached hydrogens (tertiary/aromatic N) is 1. The zero-order chi connectivity index (χ0) is 13.8. The molecular formula is C15H23N3O. The fourth-order valence-electron chi connectivity index (χ4n) is 2.89. The number of hydrogen-bond acceptors (Lipinski definition) is 3. The van der Waals surface area contributed by atoms with Gasteiger partial charge in [0.1, 0.15) is 5.84 Å². The van der Waals surface area contributed by atoms with E-state index in [2.05, 4.69) is 17.9 Å². The normalized spacial score (nSPS) is 18.8. The van der Waals surface area contributed by atoms with Crippen molar-refractivity contribution in [1.82, 2.24) is 0 Å². The van der Waals surface area contributed by atoms with Crippen molar-refractivity contribution in [2.45, 2.75) is 38.6 Å². The minimum Gasteiger partial charge on any atom is -0.396 e. The van der Waals surface area contributed by atoms with Crippen molar-refractivity contribution in [3.05, 3.63) is 29.3 Å². The van der Waals surface area contributed by atoms with Crippen LogP contribution in [0.2, 0.25) is 0 Å². The van der Waals surface area contributed by atoms with Crippen molar-refractivity contribution in [2.24, 2.45) is 5.73 Å². The monoisotopic (exact) mass is 261 g/mol. The van der Waals surface area contributed by atoms with Crippen molar-refractivity contribution in [3.8, 4) is 0 Å².